The molecule has 0 saturated heterocycles. The molecular formula is C21H26N4OS. The van der Waals surface area contributed by atoms with Crippen LogP contribution in [-0.2, 0) is 0 Å². The minimum absolute atomic E-state index is 0.568. The molecule has 0 spiro atoms. The summed E-state index contributed by atoms with van der Waals surface area (Å²) in [4.78, 5) is 24.6. The van der Waals surface area contributed by atoms with E-state index in [1.54, 1.807) is 6.20 Å². The molecule has 3 rings (SSSR count). The molecule has 5 nitrogen and oxygen atoms in total. The Morgan fingerprint density at radius 2 is 2.33 bits per heavy atom. The number of hydrogen-bond donors (Lipinski definition) is 1. The number of aliphatic imine (C=N–C) groups is 1. The minimum atomic E-state index is 0.568. The third-order valence-corrected chi connectivity index (χ3v) is 5.58. The normalized spacial score (nSPS) is 17.1. The van der Waals surface area contributed by atoms with Gasteiger partial charge in [0.2, 0.25) is 0 Å². The third kappa shape index (κ3) is 4.27. The molecule has 0 bridgehead atoms. The molecule has 1 unspecified atom stereocenters. The van der Waals surface area contributed by atoms with E-state index >= 15 is 0 Å². The van der Waals surface area contributed by atoms with Crippen molar-refractivity contribution in [3.63, 3.8) is 0 Å². The van der Waals surface area contributed by atoms with Crippen molar-refractivity contribution in [2.75, 3.05) is 18.5 Å². The van der Waals surface area contributed by atoms with Crippen molar-refractivity contribution in [2.24, 2.45) is 10.9 Å². The summed E-state index contributed by atoms with van der Waals surface area (Å²) in [7, 11) is 2.06. The van der Waals surface area contributed by atoms with Crippen LogP contribution < -0.4 is 10.2 Å². The second-order valence-corrected chi connectivity index (χ2v) is 7.95. The van der Waals surface area contributed by atoms with Crippen LogP contribution in [0.4, 0.5) is 11.4 Å². The third-order valence-electron chi connectivity index (χ3n) is 4.57. The Bertz CT molecular complexity index is 926. The van der Waals surface area contributed by atoms with Crippen LogP contribution in [0.1, 0.15) is 43.3 Å². The van der Waals surface area contributed by atoms with Gasteiger partial charge in [-0.25, -0.2) is 9.98 Å². The second-order valence-electron chi connectivity index (χ2n) is 6.92. The quantitative estimate of drug-likeness (QED) is 0.430. The number of allylic oxidation sites excluding steroid dienone is 3. The van der Waals surface area contributed by atoms with Crippen LogP contribution in [0.25, 0.3) is 10.2 Å². The SMILES string of the molecule is CCCN(C)c1ccnc2sc(C=O)c(N=C(C)NC3=CCC(C)C=C3)c12. The van der Waals surface area contributed by atoms with E-state index in [9.17, 15) is 4.79 Å². The maximum Gasteiger partial charge on any atom is 0.162 e. The average Bonchev–Trinajstić information content (AvgIpc) is 3.01. The van der Waals surface area contributed by atoms with Crippen molar-refractivity contribution < 1.29 is 4.79 Å². The molecule has 1 atom stereocenters. The first-order chi connectivity index (χ1) is 13.0. The highest BCUT2D eigenvalue weighted by Gasteiger charge is 2.18. The van der Waals surface area contributed by atoms with Crippen LogP contribution in [0.15, 0.2) is 41.2 Å². The molecule has 142 valence electrons. The lowest BCUT2D eigenvalue weighted by atomic mass is 10.0. The zero-order valence-electron chi connectivity index (χ0n) is 16.3. The van der Waals surface area contributed by atoms with Gasteiger partial charge in [-0.2, -0.15) is 0 Å². The predicted octanol–water partition coefficient (Wildman–Crippen LogP) is 5.07. The Hall–Kier alpha value is -2.47. The summed E-state index contributed by atoms with van der Waals surface area (Å²) < 4.78 is 0. The Balaban J connectivity index is 2.01. The first-order valence-electron chi connectivity index (χ1n) is 9.32. The zero-order valence-corrected chi connectivity index (χ0v) is 17.1. The molecule has 1 aliphatic carbocycles. The van der Waals surface area contributed by atoms with Crippen LogP contribution in [0.5, 0.6) is 0 Å². The Labute approximate surface area is 164 Å². The van der Waals surface area contributed by atoms with E-state index in [0.717, 1.165) is 53.1 Å². The Morgan fingerprint density at radius 1 is 1.52 bits per heavy atom. The van der Waals surface area contributed by atoms with Crippen LogP contribution in [0, 0.1) is 5.92 Å². The minimum Gasteiger partial charge on any atom is -0.374 e. The lowest BCUT2D eigenvalue weighted by molar-refractivity contribution is 0.112. The van der Waals surface area contributed by atoms with Crippen molar-refractivity contribution >= 4 is 45.0 Å². The molecule has 6 heteroatoms. The fourth-order valence-corrected chi connectivity index (χ4v) is 4.12. The fraction of sp³-hybridized carbons (Fsp3) is 0.381. The number of fused-ring (bicyclic) bond motifs is 1. The van der Waals surface area contributed by atoms with Gasteiger partial charge in [-0.1, -0.05) is 26.0 Å². The van der Waals surface area contributed by atoms with Gasteiger partial charge in [-0.3, -0.25) is 4.79 Å². The molecular weight excluding hydrogens is 356 g/mol. The van der Waals surface area contributed by atoms with E-state index < -0.39 is 0 Å². The maximum atomic E-state index is 11.7. The van der Waals surface area contributed by atoms with Crippen molar-refractivity contribution in [3.8, 4) is 0 Å². The highest BCUT2D eigenvalue weighted by molar-refractivity contribution is 7.21. The first kappa shape index (κ1) is 19.3. The molecule has 2 aromatic rings. The van der Waals surface area contributed by atoms with E-state index in [2.05, 4.69) is 54.3 Å². The van der Waals surface area contributed by atoms with Crippen molar-refractivity contribution in [3.05, 3.63) is 41.1 Å². The van der Waals surface area contributed by atoms with Crippen LogP contribution in [-0.4, -0.2) is 30.7 Å². The topological polar surface area (TPSA) is 57.6 Å². The fourth-order valence-electron chi connectivity index (χ4n) is 3.20. The summed E-state index contributed by atoms with van der Waals surface area (Å²) in [5.74, 6) is 1.33. The standard InChI is InChI=1S/C21H26N4OS/c1-5-12-25(4)17-10-11-22-21-19(17)20(18(13-26)27-21)24-15(3)23-16-8-6-14(2)7-9-16/h6,8-11,13-14H,5,7,12H2,1-4H3,(H,23,24). The largest absolute Gasteiger partial charge is 0.374 e. The van der Waals surface area contributed by atoms with Crippen molar-refractivity contribution in [2.45, 2.75) is 33.6 Å². The number of thiophene rings is 1. The highest BCUT2D eigenvalue weighted by Crippen LogP contribution is 2.41. The van der Waals surface area contributed by atoms with Gasteiger partial charge in [-0.05, 0) is 37.8 Å². The van der Waals surface area contributed by atoms with E-state index in [1.165, 1.54) is 11.3 Å². The van der Waals surface area contributed by atoms with Crippen molar-refractivity contribution in [1.82, 2.24) is 10.3 Å². The smallest absolute Gasteiger partial charge is 0.162 e. The van der Waals surface area contributed by atoms with Gasteiger partial charge in [0.05, 0.1) is 21.6 Å². The lowest BCUT2D eigenvalue weighted by Gasteiger charge is -2.19. The van der Waals surface area contributed by atoms with Gasteiger partial charge in [0.25, 0.3) is 0 Å². The van der Waals surface area contributed by atoms with E-state index in [4.69, 9.17) is 4.99 Å². The number of carbonyl (C=O) groups excluding carboxylic acids is 1. The molecule has 0 aromatic carbocycles. The number of aldehydes is 1. The van der Waals surface area contributed by atoms with Crippen molar-refractivity contribution in [1.29, 1.82) is 0 Å². The molecule has 0 saturated carbocycles. The lowest BCUT2D eigenvalue weighted by Crippen LogP contribution is -2.20. The Kier molecular flexibility index (Phi) is 6.06. The molecule has 0 radical (unpaired) electrons. The van der Waals surface area contributed by atoms with E-state index in [0.29, 0.717) is 16.5 Å². The molecule has 0 aliphatic heterocycles. The number of carbonyl (C=O) groups is 1. The molecule has 2 aromatic heterocycles. The van der Waals surface area contributed by atoms with Gasteiger partial charge in [-0.15, -0.1) is 11.3 Å². The summed E-state index contributed by atoms with van der Waals surface area (Å²) in [5, 5.41) is 4.29. The number of rotatable bonds is 6. The van der Waals surface area contributed by atoms with Gasteiger partial charge in [0.15, 0.2) is 6.29 Å². The molecule has 1 aliphatic rings. The van der Waals surface area contributed by atoms with Crippen LogP contribution in [0.3, 0.4) is 0 Å². The number of pyridine rings is 1. The molecule has 0 amide bonds. The summed E-state index contributed by atoms with van der Waals surface area (Å²) in [6.07, 6.45) is 11.2. The van der Waals surface area contributed by atoms with Gasteiger partial charge < -0.3 is 10.2 Å². The van der Waals surface area contributed by atoms with Gasteiger partial charge >= 0.3 is 0 Å². The number of aromatic nitrogens is 1. The number of hydrogen-bond acceptors (Lipinski definition) is 5. The second kappa shape index (κ2) is 8.48. The molecule has 2 heterocycles. The van der Waals surface area contributed by atoms with Crippen LogP contribution >= 0.6 is 11.3 Å². The number of nitrogens with zero attached hydrogens (tertiary/aromatic N) is 3. The number of anilines is 1. The average molecular weight is 383 g/mol. The highest BCUT2D eigenvalue weighted by atomic mass is 32.1. The monoisotopic (exact) mass is 382 g/mol. The summed E-state index contributed by atoms with van der Waals surface area (Å²) in [6.45, 7) is 7.21. The van der Waals surface area contributed by atoms with Crippen LogP contribution in [0.2, 0.25) is 0 Å². The van der Waals surface area contributed by atoms with Gasteiger partial charge in [0.1, 0.15) is 10.7 Å². The number of nitrogens with one attached hydrogen (secondary N) is 1. The summed E-state index contributed by atoms with van der Waals surface area (Å²) in [5.41, 5.74) is 2.81. The first-order valence-corrected chi connectivity index (χ1v) is 10.1. The zero-order chi connectivity index (χ0) is 19.4. The molecule has 27 heavy (non-hydrogen) atoms. The van der Waals surface area contributed by atoms with Gasteiger partial charge in [0, 0.05) is 25.5 Å². The summed E-state index contributed by atoms with van der Waals surface area (Å²) >= 11 is 1.39. The molecule has 1 N–H and O–H groups in total. The summed E-state index contributed by atoms with van der Waals surface area (Å²) in [6, 6.07) is 1.99. The molecule has 0 fully saturated rings. The predicted molar refractivity (Wildman–Crippen MR) is 115 cm³/mol. The van der Waals surface area contributed by atoms with E-state index in [1.807, 2.05) is 13.0 Å². The Morgan fingerprint density at radius 3 is 3.00 bits per heavy atom. The maximum absolute atomic E-state index is 11.7. The van der Waals surface area contributed by atoms with E-state index in [-0.39, 0.29) is 0 Å². The number of amidine groups is 1.